The highest BCUT2D eigenvalue weighted by atomic mass is 32.1. The summed E-state index contributed by atoms with van der Waals surface area (Å²) in [4.78, 5) is 15.5. The number of likely N-dealkylation sites (tertiary alicyclic amines) is 1. The molecule has 1 N–H and O–H groups in total. The van der Waals surface area contributed by atoms with E-state index in [0.29, 0.717) is 18.5 Å². The van der Waals surface area contributed by atoms with Crippen molar-refractivity contribution in [2.45, 2.75) is 40.2 Å². The fourth-order valence-electron chi connectivity index (χ4n) is 3.38. The predicted molar refractivity (Wildman–Crippen MR) is 83.0 cm³/mol. The average Bonchev–Trinajstić information content (AvgIpc) is 2.98. The molecule has 0 aliphatic carbocycles. The van der Waals surface area contributed by atoms with Crippen LogP contribution in [0, 0.1) is 17.3 Å². The number of hydrogen-bond acceptors (Lipinski definition) is 3. The van der Waals surface area contributed by atoms with Crippen molar-refractivity contribution in [1.82, 2.24) is 4.90 Å². The molecule has 1 aromatic rings. The monoisotopic (exact) mass is 295 g/mol. The van der Waals surface area contributed by atoms with Gasteiger partial charge in [0, 0.05) is 17.5 Å². The third kappa shape index (κ3) is 2.63. The highest BCUT2D eigenvalue weighted by Crippen LogP contribution is 2.43. The second-order valence-electron chi connectivity index (χ2n) is 6.54. The molecule has 112 valence electrons. The largest absolute Gasteiger partial charge is 0.481 e. The molecule has 1 aliphatic rings. The van der Waals surface area contributed by atoms with Crippen LogP contribution in [-0.2, 0) is 4.79 Å². The third-order valence-corrected chi connectivity index (χ3v) is 5.66. The summed E-state index contributed by atoms with van der Waals surface area (Å²) in [6.45, 7) is 10.1. The fraction of sp³-hybridized carbons (Fsp3) is 0.688. The van der Waals surface area contributed by atoms with Crippen molar-refractivity contribution in [3.8, 4) is 0 Å². The summed E-state index contributed by atoms with van der Waals surface area (Å²) in [7, 11) is 0. The van der Waals surface area contributed by atoms with Crippen LogP contribution < -0.4 is 0 Å². The lowest BCUT2D eigenvalue weighted by atomic mass is 9.76. The van der Waals surface area contributed by atoms with Gasteiger partial charge in [0.1, 0.15) is 0 Å². The Morgan fingerprint density at radius 3 is 2.50 bits per heavy atom. The van der Waals surface area contributed by atoms with Crippen LogP contribution in [0.5, 0.6) is 0 Å². The van der Waals surface area contributed by atoms with Gasteiger partial charge >= 0.3 is 5.97 Å². The van der Waals surface area contributed by atoms with Gasteiger partial charge in [-0.05, 0) is 36.2 Å². The number of carbonyl (C=O) groups is 1. The topological polar surface area (TPSA) is 40.5 Å². The van der Waals surface area contributed by atoms with Gasteiger partial charge in [0.15, 0.2) is 0 Å². The zero-order valence-corrected chi connectivity index (χ0v) is 13.6. The summed E-state index contributed by atoms with van der Waals surface area (Å²) in [6.07, 6.45) is 0.759. The van der Waals surface area contributed by atoms with E-state index in [1.807, 2.05) is 13.8 Å². The molecular formula is C16H25NO2S. The maximum atomic E-state index is 11.8. The lowest BCUT2D eigenvalue weighted by molar-refractivity contribution is -0.151. The Balaban J connectivity index is 2.24. The molecule has 2 unspecified atom stereocenters. The summed E-state index contributed by atoms with van der Waals surface area (Å²) < 4.78 is 0. The van der Waals surface area contributed by atoms with Crippen LogP contribution in [0.4, 0.5) is 0 Å². The standard InChI is InChI=1S/C16H25NO2S/c1-11(2)14(13-6-5-9-20-13)17-8-7-16(10-17,12(3)4)15(18)19/h5-6,9,11-12,14H,7-8,10H2,1-4H3,(H,18,19). The molecule has 0 saturated carbocycles. The molecule has 1 saturated heterocycles. The van der Waals surface area contributed by atoms with Crippen molar-refractivity contribution in [2.75, 3.05) is 13.1 Å². The first kappa shape index (κ1) is 15.5. The van der Waals surface area contributed by atoms with Gasteiger partial charge in [-0.25, -0.2) is 0 Å². The van der Waals surface area contributed by atoms with Crippen molar-refractivity contribution < 1.29 is 9.90 Å². The number of thiophene rings is 1. The molecule has 2 rings (SSSR count). The maximum absolute atomic E-state index is 11.8. The van der Waals surface area contributed by atoms with E-state index in [4.69, 9.17) is 0 Å². The van der Waals surface area contributed by atoms with Gasteiger partial charge in [0.2, 0.25) is 0 Å². The van der Waals surface area contributed by atoms with Crippen LogP contribution in [0.3, 0.4) is 0 Å². The smallest absolute Gasteiger partial charge is 0.311 e. The van der Waals surface area contributed by atoms with E-state index < -0.39 is 11.4 Å². The molecule has 4 heteroatoms. The minimum absolute atomic E-state index is 0.168. The molecule has 3 nitrogen and oxygen atoms in total. The van der Waals surface area contributed by atoms with Gasteiger partial charge in [-0.3, -0.25) is 9.69 Å². The van der Waals surface area contributed by atoms with Crippen LogP contribution in [0.2, 0.25) is 0 Å². The number of carboxylic acids is 1. The number of hydrogen-bond donors (Lipinski definition) is 1. The van der Waals surface area contributed by atoms with Crippen LogP contribution in [0.15, 0.2) is 17.5 Å². The number of nitrogens with zero attached hydrogens (tertiary/aromatic N) is 1. The number of carboxylic acid groups (broad SMARTS) is 1. The van der Waals surface area contributed by atoms with E-state index >= 15 is 0 Å². The van der Waals surface area contributed by atoms with Gasteiger partial charge in [0.25, 0.3) is 0 Å². The second kappa shape index (κ2) is 5.86. The molecule has 1 aliphatic heterocycles. The lowest BCUT2D eigenvalue weighted by Gasteiger charge is -2.33. The van der Waals surface area contributed by atoms with E-state index in [1.165, 1.54) is 4.88 Å². The molecule has 0 spiro atoms. The van der Waals surface area contributed by atoms with Gasteiger partial charge in [-0.1, -0.05) is 33.8 Å². The van der Waals surface area contributed by atoms with Gasteiger partial charge in [-0.2, -0.15) is 0 Å². The fourth-order valence-corrected chi connectivity index (χ4v) is 4.42. The second-order valence-corrected chi connectivity index (χ2v) is 7.52. The molecule has 0 bridgehead atoms. The van der Waals surface area contributed by atoms with Gasteiger partial charge in [0.05, 0.1) is 5.41 Å². The molecular weight excluding hydrogens is 270 g/mol. The van der Waals surface area contributed by atoms with Crippen LogP contribution in [0.1, 0.15) is 45.0 Å². The minimum Gasteiger partial charge on any atom is -0.481 e. The van der Waals surface area contributed by atoms with Gasteiger partial charge < -0.3 is 5.11 Å². The summed E-state index contributed by atoms with van der Waals surface area (Å²) in [5, 5.41) is 11.8. The van der Waals surface area contributed by atoms with E-state index in [1.54, 1.807) is 11.3 Å². The molecule has 0 aromatic carbocycles. The number of rotatable bonds is 5. The SMILES string of the molecule is CC(C)C(c1cccs1)N1CCC(C(=O)O)(C(C)C)C1. The predicted octanol–water partition coefficient (Wildman–Crippen LogP) is 3.88. The molecule has 2 heterocycles. The van der Waals surface area contributed by atoms with Crippen molar-refractivity contribution >= 4 is 17.3 Å². The van der Waals surface area contributed by atoms with Crippen molar-refractivity contribution in [1.29, 1.82) is 0 Å². The highest BCUT2D eigenvalue weighted by Gasteiger charge is 2.49. The normalized spacial score (nSPS) is 25.5. The van der Waals surface area contributed by atoms with Crippen LogP contribution in [0.25, 0.3) is 0 Å². The Morgan fingerprint density at radius 2 is 2.10 bits per heavy atom. The highest BCUT2D eigenvalue weighted by molar-refractivity contribution is 7.10. The molecule has 2 atom stereocenters. The molecule has 1 aromatic heterocycles. The van der Waals surface area contributed by atoms with E-state index in [-0.39, 0.29) is 5.92 Å². The Labute approximate surface area is 125 Å². The van der Waals surface area contributed by atoms with Crippen molar-refractivity contribution in [3.05, 3.63) is 22.4 Å². The Morgan fingerprint density at radius 1 is 1.40 bits per heavy atom. The molecule has 0 amide bonds. The third-order valence-electron chi connectivity index (χ3n) is 4.72. The molecule has 1 fully saturated rings. The maximum Gasteiger partial charge on any atom is 0.311 e. The number of aliphatic carboxylic acids is 1. The molecule has 20 heavy (non-hydrogen) atoms. The Hall–Kier alpha value is -0.870. The zero-order valence-electron chi connectivity index (χ0n) is 12.8. The first-order chi connectivity index (χ1) is 9.38. The lowest BCUT2D eigenvalue weighted by Crippen LogP contribution is -2.40. The quantitative estimate of drug-likeness (QED) is 0.896. The summed E-state index contributed by atoms with van der Waals surface area (Å²) in [5.41, 5.74) is -0.579. The minimum atomic E-state index is -0.635. The first-order valence-corrected chi connectivity index (χ1v) is 8.27. The summed E-state index contributed by atoms with van der Waals surface area (Å²) in [6, 6.07) is 4.60. The van der Waals surface area contributed by atoms with Crippen molar-refractivity contribution in [2.24, 2.45) is 17.3 Å². The van der Waals surface area contributed by atoms with Crippen LogP contribution in [-0.4, -0.2) is 29.1 Å². The van der Waals surface area contributed by atoms with E-state index in [9.17, 15) is 9.90 Å². The van der Waals surface area contributed by atoms with Gasteiger partial charge in [-0.15, -0.1) is 11.3 Å². The zero-order chi connectivity index (χ0) is 14.9. The molecule has 0 radical (unpaired) electrons. The van der Waals surface area contributed by atoms with Crippen LogP contribution >= 0.6 is 11.3 Å². The first-order valence-electron chi connectivity index (χ1n) is 7.39. The van der Waals surface area contributed by atoms with E-state index in [2.05, 4.69) is 36.3 Å². The van der Waals surface area contributed by atoms with E-state index in [0.717, 1.165) is 13.0 Å². The Kier molecular flexibility index (Phi) is 4.55. The summed E-state index contributed by atoms with van der Waals surface area (Å²) in [5.74, 6) is 0.0234. The van der Waals surface area contributed by atoms with Crippen molar-refractivity contribution in [3.63, 3.8) is 0 Å². The Bertz CT molecular complexity index is 455. The average molecular weight is 295 g/mol. The summed E-state index contributed by atoms with van der Waals surface area (Å²) >= 11 is 1.77.